The fourth-order valence-corrected chi connectivity index (χ4v) is 3.64. The lowest BCUT2D eigenvalue weighted by Gasteiger charge is -2.15. The van der Waals surface area contributed by atoms with E-state index in [1.807, 2.05) is 36.0 Å². The number of imidazole rings is 1. The smallest absolute Gasteiger partial charge is 0.244 e. The molecule has 1 aliphatic rings. The fourth-order valence-electron chi connectivity index (χ4n) is 3.64. The van der Waals surface area contributed by atoms with Gasteiger partial charge in [0.15, 0.2) is 5.82 Å². The van der Waals surface area contributed by atoms with Crippen LogP contribution in [0.15, 0.2) is 35.6 Å². The number of amides is 1. The molecule has 1 aliphatic heterocycles. The zero-order valence-corrected chi connectivity index (χ0v) is 20.1. The van der Waals surface area contributed by atoms with Crippen molar-refractivity contribution in [3.63, 3.8) is 0 Å². The van der Waals surface area contributed by atoms with Crippen LogP contribution in [0.5, 0.6) is 5.75 Å². The Hall–Kier alpha value is -3.95. The monoisotopic (exact) mass is 462 g/mol. The molecular weight excluding hydrogens is 432 g/mol. The number of carbonyl (C=O) groups excluding carboxylic acids is 1. The van der Waals surface area contributed by atoms with Crippen molar-refractivity contribution in [1.82, 2.24) is 24.3 Å². The summed E-state index contributed by atoms with van der Waals surface area (Å²) in [6.45, 7) is 10.5. The molecule has 0 saturated heterocycles. The number of aliphatic imine (C=N–C) groups is 1. The van der Waals surface area contributed by atoms with Gasteiger partial charge in [-0.3, -0.25) is 9.79 Å². The van der Waals surface area contributed by atoms with Crippen molar-refractivity contribution in [3.05, 3.63) is 42.0 Å². The maximum atomic E-state index is 11.6. The van der Waals surface area contributed by atoms with Gasteiger partial charge < -0.3 is 20.8 Å². The Labute approximate surface area is 198 Å². The molecule has 0 unspecified atom stereocenters. The van der Waals surface area contributed by atoms with Gasteiger partial charge in [0.05, 0.1) is 12.1 Å². The highest BCUT2D eigenvalue weighted by atomic mass is 16.5. The number of rotatable bonds is 6. The van der Waals surface area contributed by atoms with E-state index in [4.69, 9.17) is 21.2 Å². The second-order valence-corrected chi connectivity index (χ2v) is 9.03. The molecule has 3 aromatic rings. The van der Waals surface area contributed by atoms with Crippen molar-refractivity contribution in [2.45, 2.75) is 52.7 Å². The summed E-state index contributed by atoms with van der Waals surface area (Å²) < 4.78 is 10.0. The topological polar surface area (TPSA) is 139 Å². The van der Waals surface area contributed by atoms with Crippen LogP contribution in [0.4, 0.5) is 0 Å². The predicted molar refractivity (Wildman–Crippen MR) is 131 cm³/mol. The molecule has 4 N–H and O–H groups in total. The maximum absolute atomic E-state index is 11.6. The molecule has 178 valence electrons. The van der Waals surface area contributed by atoms with E-state index in [0.29, 0.717) is 30.3 Å². The summed E-state index contributed by atoms with van der Waals surface area (Å²) in [4.78, 5) is 25.4. The van der Waals surface area contributed by atoms with Crippen molar-refractivity contribution < 1.29 is 9.53 Å². The van der Waals surface area contributed by atoms with Crippen LogP contribution in [-0.4, -0.2) is 48.6 Å². The average Bonchev–Trinajstić information content (AvgIpc) is 3.33. The molecule has 0 saturated carbocycles. The zero-order chi connectivity index (χ0) is 24.6. The molecule has 0 radical (unpaired) electrons. The number of aromatic nitrogens is 5. The van der Waals surface area contributed by atoms with Gasteiger partial charge in [0, 0.05) is 30.2 Å². The van der Waals surface area contributed by atoms with Crippen LogP contribution in [0.3, 0.4) is 0 Å². The van der Waals surface area contributed by atoms with E-state index < -0.39 is 11.4 Å². The Kier molecular flexibility index (Phi) is 5.99. The molecule has 0 spiro atoms. The zero-order valence-electron chi connectivity index (χ0n) is 20.1. The van der Waals surface area contributed by atoms with Crippen molar-refractivity contribution in [1.29, 1.82) is 0 Å². The van der Waals surface area contributed by atoms with E-state index in [2.05, 4.69) is 33.5 Å². The van der Waals surface area contributed by atoms with Crippen molar-refractivity contribution in [2.24, 2.45) is 16.5 Å². The molecule has 1 amide bonds. The Balaban J connectivity index is 1.72. The number of primary amides is 1. The van der Waals surface area contributed by atoms with Gasteiger partial charge in [-0.15, -0.1) is 0 Å². The maximum Gasteiger partial charge on any atom is 0.244 e. The molecule has 2 aromatic heterocycles. The van der Waals surface area contributed by atoms with Gasteiger partial charge in [-0.05, 0) is 52.3 Å². The third-order valence-electron chi connectivity index (χ3n) is 5.69. The number of allylic oxidation sites excluding steroid dienone is 1. The Morgan fingerprint density at radius 3 is 2.71 bits per heavy atom. The van der Waals surface area contributed by atoms with E-state index in [0.717, 1.165) is 28.5 Å². The molecule has 3 heterocycles. The highest BCUT2D eigenvalue weighted by molar-refractivity contribution is 6.10. The van der Waals surface area contributed by atoms with Crippen molar-refractivity contribution in [3.8, 4) is 28.7 Å². The second kappa shape index (κ2) is 8.77. The van der Waals surface area contributed by atoms with Crippen LogP contribution in [0.25, 0.3) is 28.5 Å². The highest BCUT2D eigenvalue weighted by Crippen LogP contribution is 2.35. The molecule has 0 bridgehead atoms. The summed E-state index contributed by atoms with van der Waals surface area (Å²) in [5.41, 5.74) is 13.3. The molecule has 1 aromatic carbocycles. The minimum absolute atomic E-state index is 0.165. The number of fused-ring (bicyclic) bond motifs is 3. The Bertz CT molecular complexity index is 1300. The van der Waals surface area contributed by atoms with Crippen LogP contribution < -0.4 is 16.2 Å². The van der Waals surface area contributed by atoms with E-state index in [9.17, 15) is 4.79 Å². The van der Waals surface area contributed by atoms with Gasteiger partial charge in [-0.2, -0.15) is 5.10 Å². The summed E-state index contributed by atoms with van der Waals surface area (Å²) in [5, 5.41) is 4.51. The first kappa shape index (κ1) is 23.2. The summed E-state index contributed by atoms with van der Waals surface area (Å²) in [7, 11) is 0. The number of nitrogens with two attached hydrogens (primary N) is 2. The lowest BCUT2D eigenvalue weighted by atomic mass is 10.0. The van der Waals surface area contributed by atoms with E-state index >= 15 is 0 Å². The summed E-state index contributed by atoms with van der Waals surface area (Å²) in [5.74, 6) is 2.43. The van der Waals surface area contributed by atoms with Crippen LogP contribution in [0, 0.1) is 6.92 Å². The van der Waals surface area contributed by atoms with Crippen LogP contribution in [0.1, 0.15) is 45.1 Å². The summed E-state index contributed by atoms with van der Waals surface area (Å²) >= 11 is 0. The molecule has 10 nitrogen and oxygen atoms in total. The number of benzene rings is 1. The normalized spacial score (nSPS) is 14.1. The third-order valence-corrected chi connectivity index (χ3v) is 5.69. The highest BCUT2D eigenvalue weighted by Gasteiger charge is 2.24. The predicted octanol–water partition coefficient (Wildman–Crippen LogP) is 2.72. The molecule has 4 rings (SSSR count). The quantitative estimate of drug-likeness (QED) is 0.540. The van der Waals surface area contributed by atoms with Gasteiger partial charge in [-0.1, -0.05) is 6.07 Å². The minimum Gasteiger partial charge on any atom is -0.491 e. The largest absolute Gasteiger partial charge is 0.491 e. The number of hydrogen-bond acceptors (Lipinski definition) is 7. The van der Waals surface area contributed by atoms with Gasteiger partial charge >= 0.3 is 0 Å². The third kappa shape index (κ3) is 4.30. The molecule has 0 atom stereocenters. The van der Waals surface area contributed by atoms with Gasteiger partial charge in [0.25, 0.3) is 0 Å². The SMILES string of the molecule is Cc1nc(-c2cn3c(n2)-c2ccc(C(C=NC(C)(C)C(N)=O)=CN)cc2OCC3)n(C(C)C)n1. The van der Waals surface area contributed by atoms with Crippen LogP contribution >= 0.6 is 0 Å². The van der Waals surface area contributed by atoms with Crippen LogP contribution in [-0.2, 0) is 11.3 Å². The summed E-state index contributed by atoms with van der Waals surface area (Å²) in [6.07, 6.45) is 5.00. The number of aryl methyl sites for hydroxylation is 1. The molecule has 0 aliphatic carbocycles. The number of ether oxygens (including phenoxy) is 1. The Morgan fingerprint density at radius 1 is 1.26 bits per heavy atom. The van der Waals surface area contributed by atoms with Crippen LogP contribution in [0.2, 0.25) is 0 Å². The van der Waals surface area contributed by atoms with Gasteiger partial charge in [0.2, 0.25) is 5.91 Å². The number of hydrogen-bond donors (Lipinski definition) is 2. The average molecular weight is 463 g/mol. The first-order chi connectivity index (χ1) is 16.1. The summed E-state index contributed by atoms with van der Waals surface area (Å²) in [6, 6.07) is 5.95. The van der Waals surface area contributed by atoms with Crippen molar-refractivity contribution >= 4 is 17.7 Å². The standard InChI is InChI=1S/C24H30N8O2/c1-14(2)32-22(28-15(3)30-32)19-13-31-8-9-34-20-10-16(6-7-18(20)21(31)29-19)17(11-25)12-27-24(4,5)23(26)33/h6-7,10-14H,8-9,25H2,1-5H3,(H2,26,33). The van der Waals surface area contributed by atoms with Crippen molar-refractivity contribution in [2.75, 3.05) is 6.61 Å². The lowest BCUT2D eigenvalue weighted by Crippen LogP contribution is -2.36. The molecular formula is C24H30N8O2. The second-order valence-electron chi connectivity index (χ2n) is 9.03. The van der Waals surface area contributed by atoms with Gasteiger partial charge in [-0.25, -0.2) is 14.6 Å². The number of carbonyl (C=O) groups is 1. The lowest BCUT2D eigenvalue weighted by molar-refractivity contribution is -0.121. The van der Waals surface area contributed by atoms with E-state index in [1.54, 1.807) is 20.1 Å². The fraction of sp³-hybridized carbons (Fsp3) is 0.375. The Morgan fingerprint density at radius 2 is 2.03 bits per heavy atom. The molecule has 10 heteroatoms. The number of nitrogens with zero attached hydrogens (tertiary/aromatic N) is 6. The first-order valence-electron chi connectivity index (χ1n) is 11.2. The molecule has 34 heavy (non-hydrogen) atoms. The molecule has 0 fully saturated rings. The minimum atomic E-state index is -1.04. The van der Waals surface area contributed by atoms with Gasteiger partial charge in [0.1, 0.15) is 35.2 Å². The van der Waals surface area contributed by atoms with E-state index in [1.165, 1.54) is 6.20 Å². The van der Waals surface area contributed by atoms with E-state index in [-0.39, 0.29) is 6.04 Å². The first-order valence-corrected chi connectivity index (χ1v) is 11.2.